The number of hydrogen-bond acceptors (Lipinski definition) is 6. The van der Waals surface area contributed by atoms with Crippen molar-refractivity contribution in [3.8, 4) is 0 Å². The van der Waals surface area contributed by atoms with Gasteiger partial charge in [0.25, 0.3) is 0 Å². The zero-order valence-corrected chi connectivity index (χ0v) is 21.0. The molecule has 5 heterocycles. The van der Waals surface area contributed by atoms with E-state index in [1.165, 1.54) is 0 Å². The van der Waals surface area contributed by atoms with E-state index in [2.05, 4.69) is 38.0 Å². The van der Waals surface area contributed by atoms with Crippen LogP contribution in [0.3, 0.4) is 0 Å². The summed E-state index contributed by atoms with van der Waals surface area (Å²) in [7, 11) is 2.13. The zero-order chi connectivity index (χ0) is 26.2. The Morgan fingerprint density at radius 2 is 1.76 bits per heavy atom. The second-order valence-electron chi connectivity index (χ2n) is 9.88. The van der Waals surface area contributed by atoms with Gasteiger partial charge in [0.05, 0.1) is 42.1 Å². The fourth-order valence-corrected chi connectivity index (χ4v) is 5.17. The smallest absolute Gasteiger partial charge is 0.154 e. The Hall–Kier alpha value is -3.92. The number of benzene rings is 1. The van der Waals surface area contributed by atoms with E-state index < -0.39 is 23.8 Å². The predicted octanol–water partition coefficient (Wildman–Crippen LogP) is 4.61. The Bertz CT molecular complexity index is 1460. The maximum absolute atomic E-state index is 14.5. The van der Waals surface area contributed by atoms with Crippen molar-refractivity contribution in [3.63, 3.8) is 0 Å². The van der Waals surface area contributed by atoms with Crippen LogP contribution in [0.15, 0.2) is 54.9 Å². The Balaban J connectivity index is 1.24. The molecule has 2 fully saturated rings. The number of rotatable bonds is 5. The molecule has 0 saturated carbocycles. The van der Waals surface area contributed by atoms with Crippen molar-refractivity contribution in [2.24, 2.45) is 0 Å². The van der Waals surface area contributed by atoms with Crippen LogP contribution in [0.2, 0.25) is 0 Å². The minimum atomic E-state index is -1.18. The third-order valence-corrected chi connectivity index (χ3v) is 7.30. The molecule has 1 aromatic carbocycles. The molecule has 10 heteroatoms. The molecule has 4 aromatic rings. The zero-order valence-electron chi connectivity index (χ0n) is 21.0. The van der Waals surface area contributed by atoms with Crippen molar-refractivity contribution in [1.29, 1.82) is 0 Å². The number of pyridine rings is 1. The molecule has 2 saturated heterocycles. The van der Waals surface area contributed by atoms with Crippen LogP contribution in [-0.2, 0) is 0 Å². The van der Waals surface area contributed by atoms with E-state index in [1.807, 2.05) is 24.4 Å². The SMILES string of the molecule is CN1CCN(c2ccc(/C=C/c3cnc4ccc(N5C[C@@H](F)C[C@@H]5c5cc(F)ccc5F)nn34)nc2)CC1. The molecule has 0 unspecified atom stereocenters. The van der Waals surface area contributed by atoms with Gasteiger partial charge in [0.15, 0.2) is 5.65 Å². The number of fused-ring (bicyclic) bond motifs is 1. The molecular weight excluding hydrogens is 491 g/mol. The van der Waals surface area contributed by atoms with Crippen molar-refractivity contribution in [1.82, 2.24) is 24.5 Å². The lowest BCUT2D eigenvalue weighted by atomic mass is 10.0. The molecule has 6 rings (SSSR count). The van der Waals surface area contributed by atoms with Crippen molar-refractivity contribution in [2.75, 3.05) is 49.6 Å². The maximum Gasteiger partial charge on any atom is 0.154 e. The van der Waals surface area contributed by atoms with E-state index in [9.17, 15) is 13.2 Å². The minimum absolute atomic E-state index is 0.0442. The van der Waals surface area contributed by atoms with Gasteiger partial charge in [0.1, 0.15) is 23.6 Å². The van der Waals surface area contributed by atoms with Crippen LogP contribution in [0.25, 0.3) is 17.8 Å². The summed E-state index contributed by atoms with van der Waals surface area (Å²) in [4.78, 5) is 15.3. The topological polar surface area (TPSA) is 52.8 Å². The second kappa shape index (κ2) is 10.1. The van der Waals surface area contributed by atoms with Crippen LogP contribution < -0.4 is 9.80 Å². The summed E-state index contributed by atoms with van der Waals surface area (Å²) in [5.41, 5.74) is 3.38. The first-order chi connectivity index (χ1) is 18.4. The molecule has 0 spiro atoms. The molecule has 7 nitrogen and oxygen atoms in total. The van der Waals surface area contributed by atoms with Crippen LogP contribution in [-0.4, -0.2) is 70.4 Å². The van der Waals surface area contributed by atoms with E-state index >= 15 is 0 Å². The number of likely N-dealkylation sites (N-methyl/N-ethyl adjacent to an activating group) is 1. The summed E-state index contributed by atoms with van der Waals surface area (Å²) < 4.78 is 44.6. The van der Waals surface area contributed by atoms with Crippen LogP contribution in [0.4, 0.5) is 24.7 Å². The van der Waals surface area contributed by atoms with Gasteiger partial charge in [0, 0.05) is 38.2 Å². The lowest BCUT2D eigenvalue weighted by Crippen LogP contribution is -2.44. The molecule has 0 aliphatic carbocycles. The number of aromatic nitrogens is 4. The van der Waals surface area contributed by atoms with E-state index in [1.54, 1.807) is 27.7 Å². The summed E-state index contributed by atoms with van der Waals surface area (Å²) in [6.07, 6.45) is 6.24. The summed E-state index contributed by atoms with van der Waals surface area (Å²) in [6, 6.07) is 10.2. The first-order valence-electron chi connectivity index (χ1n) is 12.7. The average molecular weight is 520 g/mol. The number of hydrogen-bond donors (Lipinski definition) is 0. The van der Waals surface area contributed by atoms with Gasteiger partial charge in [-0.2, -0.15) is 0 Å². The Labute approximate surface area is 218 Å². The third-order valence-electron chi connectivity index (χ3n) is 7.30. The van der Waals surface area contributed by atoms with Gasteiger partial charge in [0.2, 0.25) is 0 Å². The lowest BCUT2D eigenvalue weighted by Gasteiger charge is -2.33. The first-order valence-corrected chi connectivity index (χ1v) is 12.7. The first kappa shape index (κ1) is 24.4. The second-order valence-corrected chi connectivity index (χ2v) is 9.88. The van der Waals surface area contributed by atoms with E-state index in [4.69, 9.17) is 0 Å². The highest BCUT2D eigenvalue weighted by atomic mass is 19.1. The maximum atomic E-state index is 14.5. The summed E-state index contributed by atoms with van der Waals surface area (Å²) in [5.74, 6) is -0.651. The molecule has 0 N–H and O–H groups in total. The van der Waals surface area contributed by atoms with Gasteiger partial charge < -0.3 is 14.7 Å². The van der Waals surface area contributed by atoms with Crippen LogP contribution in [0, 0.1) is 11.6 Å². The van der Waals surface area contributed by atoms with Crippen molar-refractivity contribution in [3.05, 3.63) is 83.4 Å². The van der Waals surface area contributed by atoms with Gasteiger partial charge in [-0.05, 0) is 61.7 Å². The van der Waals surface area contributed by atoms with Gasteiger partial charge in [-0.25, -0.2) is 22.7 Å². The third kappa shape index (κ3) is 4.83. The monoisotopic (exact) mass is 519 g/mol. The normalized spacial score (nSPS) is 20.7. The predicted molar refractivity (Wildman–Crippen MR) is 142 cm³/mol. The fraction of sp³-hybridized carbons (Fsp3) is 0.321. The Morgan fingerprint density at radius 1 is 0.921 bits per heavy atom. The molecule has 196 valence electrons. The van der Waals surface area contributed by atoms with Crippen LogP contribution in [0.1, 0.15) is 29.4 Å². The fourth-order valence-electron chi connectivity index (χ4n) is 5.17. The van der Waals surface area contributed by atoms with Gasteiger partial charge in [-0.1, -0.05) is 0 Å². The Kier molecular flexibility index (Phi) is 6.49. The van der Waals surface area contributed by atoms with E-state index in [0.29, 0.717) is 11.5 Å². The van der Waals surface area contributed by atoms with Crippen molar-refractivity contribution >= 4 is 29.3 Å². The molecular formula is C28H28F3N7. The molecule has 38 heavy (non-hydrogen) atoms. The number of anilines is 2. The largest absolute Gasteiger partial charge is 0.368 e. The summed E-state index contributed by atoms with van der Waals surface area (Å²) in [5, 5.41) is 4.69. The summed E-state index contributed by atoms with van der Waals surface area (Å²) in [6.45, 7) is 4.08. The molecule has 2 aliphatic rings. The molecule has 2 atom stereocenters. The Morgan fingerprint density at radius 3 is 2.55 bits per heavy atom. The van der Waals surface area contributed by atoms with E-state index in [-0.39, 0.29) is 18.5 Å². The highest BCUT2D eigenvalue weighted by molar-refractivity contribution is 5.68. The number of nitrogens with zero attached hydrogens (tertiary/aromatic N) is 7. The van der Waals surface area contributed by atoms with E-state index in [0.717, 1.165) is 61.5 Å². The van der Waals surface area contributed by atoms with Crippen molar-refractivity contribution in [2.45, 2.75) is 18.6 Å². The number of alkyl halides is 1. The molecule has 2 aliphatic heterocycles. The number of piperazine rings is 1. The van der Waals surface area contributed by atoms with Gasteiger partial charge in [-0.15, -0.1) is 5.10 Å². The summed E-state index contributed by atoms with van der Waals surface area (Å²) >= 11 is 0. The van der Waals surface area contributed by atoms with Gasteiger partial charge in [-0.3, -0.25) is 4.98 Å². The molecule has 0 bridgehead atoms. The average Bonchev–Trinajstić information content (AvgIpc) is 3.52. The molecule has 0 radical (unpaired) electrons. The molecule has 3 aromatic heterocycles. The standard InChI is InChI=1S/C28H28F3N7/c1-35-10-12-36(13-11-35)22-5-3-21(32-16-22)4-6-23-17-33-27-8-9-28(34-38(23)27)37-18-20(30)15-26(37)24-14-19(29)2-7-25(24)31/h2-9,14,16-17,20,26H,10-13,15,18H2,1H3/b6-4+/t20-,26+/m0/s1. The van der Waals surface area contributed by atoms with Crippen LogP contribution in [0.5, 0.6) is 0 Å². The molecule has 0 amide bonds. The van der Waals surface area contributed by atoms with Gasteiger partial charge >= 0.3 is 0 Å². The lowest BCUT2D eigenvalue weighted by molar-refractivity contribution is 0.313. The highest BCUT2D eigenvalue weighted by Crippen LogP contribution is 2.38. The van der Waals surface area contributed by atoms with Crippen LogP contribution >= 0.6 is 0 Å². The van der Waals surface area contributed by atoms with Crippen molar-refractivity contribution < 1.29 is 13.2 Å². The minimum Gasteiger partial charge on any atom is -0.368 e. The number of halogens is 3. The number of imidazole rings is 1. The quantitative estimate of drug-likeness (QED) is 0.384. The highest BCUT2D eigenvalue weighted by Gasteiger charge is 2.36.